The fourth-order valence-corrected chi connectivity index (χ4v) is 3.90. The second-order valence-corrected chi connectivity index (χ2v) is 7.94. The minimum absolute atomic E-state index is 0.187. The number of methoxy groups -OCH3 is 1. The summed E-state index contributed by atoms with van der Waals surface area (Å²) >= 11 is 0. The molecule has 0 aliphatic carbocycles. The predicted octanol–water partition coefficient (Wildman–Crippen LogP) is 3.91. The summed E-state index contributed by atoms with van der Waals surface area (Å²) in [7, 11) is 3.60. The van der Waals surface area contributed by atoms with Crippen LogP contribution in [-0.4, -0.2) is 54.1 Å². The number of likely N-dealkylation sites (tertiary alicyclic amines) is 1. The zero-order chi connectivity index (χ0) is 20.9. The Kier molecular flexibility index (Phi) is 6.23. The highest BCUT2D eigenvalue weighted by Gasteiger charge is 2.18. The summed E-state index contributed by atoms with van der Waals surface area (Å²) in [5, 5.41) is 4.80. The van der Waals surface area contributed by atoms with E-state index in [0.29, 0.717) is 18.9 Å². The highest BCUT2D eigenvalue weighted by Crippen LogP contribution is 2.29. The molecule has 6 nitrogen and oxygen atoms in total. The monoisotopic (exact) mass is 404 g/mol. The highest BCUT2D eigenvalue weighted by molar-refractivity contribution is 5.93. The molecule has 0 amide bonds. The van der Waals surface area contributed by atoms with Crippen molar-refractivity contribution in [2.45, 2.75) is 31.7 Å². The molecular formula is C24H28N4O2. The van der Waals surface area contributed by atoms with E-state index >= 15 is 0 Å². The lowest BCUT2D eigenvalue weighted by atomic mass is 10.0. The van der Waals surface area contributed by atoms with Gasteiger partial charge in [0.15, 0.2) is 0 Å². The summed E-state index contributed by atoms with van der Waals surface area (Å²) in [5.74, 6) is -0.187. The Labute approximate surface area is 177 Å². The van der Waals surface area contributed by atoms with Crippen LogP contribution in [0.2, 0.25) is 0 Å². The standard InChI is InChI=1S/C24H28N4O2/c1-28-13-10-19(11-14-28)26-23-15-22(27-21-9-12-25-16-20(21)23)18-6-3-17(4-7-18)5-8-24(29)30-2/h3-4,6-7,9,12,15-16,19H,5,8,10-11,13-14H2,1-2H3,(H,26,27). The van der Waals surface area contributed by atoms with Gasteiger partial charge in [0.05, 0.1) is 18.3 Å². The van der Waals surface area contributed by atoms with E-state index < -0.39 is 0 Å². The van der Waals surface area contributed by atoms with E-state index in [0.717, 1.165) is 59.3 Å². The van der Waals surface area contributed by atoms with Crippen LogP contribution in [0.25, 0.3) is 22.2 Å². The maximum Gasteiger partial charge on any atom is 0.305 e. The Balaban J connectivity index is 1.59. The normalized spacial score (nSPS) is 15.3. The number of ether oxygens (including phenoxy) is 1. The van der Waals surface area contributed by atoms with E-state index in [9.17, 15) is 4.79 Å². The molecule has 0 saturated carbocycles. The Morgan fingerprint density at radius 1 is 1.20 bits per heavy atom. The van der Waals surface area contributed by atoms with E-state index in [1.54, 1.807) is 6.20 Å². The first kappa shape index (κ1) is 20.3. The third-order valence-corrected chi connectivity index (χ3v) is 5.78. The van der Waals surface area contributed by atoms with Crippen molar-refractivity contribution in [1.82, 2.24) is 14.9 Å². The maximum atomic E-state index is 11.4. The topological polar surface area (TPSA) is 67.3 Å². The number of pyridine rings is 2. The molecule has 0 radical (unpaired) electrons. The van der Waals surface area contributed by atoms with Crippen LogP contribution in [0.5, 0.6) is 0 Å². The third-order valence-electron chi connectivity index (χ3n) is 5.78. The van der Waals surface area contributed by atoms with Crippen molar-refractivity contribution in [3.05, 3.63) is 54.4 Å². The predicted molar refractivity (Wildman–Crippen MR) is 119 cm³/mol. The van der Waals surface area contributed by atoms with Crippen molar-refractivity contribution >= 4 is 22.6 Å². The number of fused-ring (bicyclic) bond motifs is 1. The Morgan fingerprint density at radius 2 is 1.97 bits per heavy atom. The second kappa shape index (κ2) is 9.22. The van der Waals surface area contributed by atoms with Crippen molar-refractivity contribution < 1.29 is 9.53 Å². The first-order valence-corrected chi connectivity index (χ1v) is 10.5. The summed E-state index contributed by atoms with van der Waals surface area (Å²) in [5.41, 5.74) is 5.13. The molecular weight excluding hydrogens is 376 g/mol. The van der Waals surface area contributed by atoms with Crippen molar-refractivity contribution in [2.24, 2.45) is 0 Å². The van der Waals surface area contributed by atoms with Gasteiger partial charge in [-0.1, -0.05) is 24.3 Å². The van der Waals surface area contributed by atoms with Gasteiger partial charge in [-0.05, 0) is 57.1 Å². The smallest absolute Gasteiger partial charge is 0.305 e. The van der Waals surface area contributed by atoms with Gasteiger partial charge < -0.3 is 15.0 Å². The van der Waals surface area contributed by atoms with E-state index in [4.69, 9.17) is 9.72 Å². The van der Waals surface area contributed by atoms with Gasteiger partial charge in [-0.3, -0.25) is 9.78 Å². The number of carbonyl (C=O) groups is 1. The third kappa shape index (κ3) is 4.76. The molecule has 3 aromatic rings. The molecule has 1 fully saturated rings. The van der Waals surface area contributed by atoms with Crippen LogP contribution in [0.3, 0.4) is 0 Å². The molecule has 0 atom stereocenters. The van der Waals surface area contributed by atoms with E-state index in [-0.39, 0.29) is 5.97 Å². The number of anilines is 1. The number of carbonyl (C=O) groups excluding carboxylic acids is 1. The van der Waals surface area contributed by atoms with Crippen LogP contribution in [-0.2, 0) is 16.0 Å². The molecule has 30 heavy (non-hydrogen) atoms. The Bertz CT molecular complexity index is 1010. The van der Waals surface area contributed by atoms with Crippen molar-refractivity contribution in [2.75, 3.05) is 32.6 Å². The lowest BCUT2D eigenvalue weighted by Crippen LogP contribution is -2.36. The molecule has 0 spiro atoms. The van der Waals surface area contributed by atoms with Gasteiger partial charge in [-0.25, -0.2) is 4.98 Å². The molecule has 1 aromatic carbocycles. The minimum Gasteiger partial charge on any atom is -0.469 e. The zero-order valence-electron chi connectivity index (χ0n) is 17.6. The SMILES string of the molecule is COC(=O)CCc1ccc(-c2cc(NC3CCN(C)CC3)c3cnccc3n2)cc1. The maximum absolute atomic E-state index is 11.4. The summed E-state index contributed by atoms with van der Waals surface area (Å²) in [6.45, 7) is 2.22. The lowest BCUT2D eigenvalue weighted by molar-refractivity contribution is -0.140. The molecule has 0 bridgehead atoms. The average Bonchev–Trinajstić information content (AvgIpc) is 2.79. The summed E-state index contributed by atoms with van der Waals surface area (Å²) < 4.78 is 4.72. The molecule has 3 heterocycles. The van der Waals surface area contributed by atoms with E-state index in [2.05, 4.69) is 52.6 Å². The number of nitrogens with one attached hydrogen (secondary N) is 1. The fourth-order valence-electron chi connectivity index (χ4n) is 3.90. The minimum atomic E-state index is -0.187. The molecule has 2 aromatic heterocycles. The first-order chi connectivity index (χ1) is 14.6. The van der Waals surface area contributed by atoms with Crippen LogP contribution in [0.1, 0.15) is 24.8 Å². The zero-order valence-corrected chi connectivity index (χ0v) is 17.6. The number of hydrogen-bond acceptors (Lipinski definition) is 6. The van der Waals surface area contributed by atoms with Gasteiger partial charge in [-0.2, -0.15) is 0 Å². The van der Waals surface area contributed by atoms with Crippen molar-refractivity contribution in [3.63, 3.8) is 0 Å². The molecule has 4 rings (SSSR count). The fraction of sp³-hybridized carbons (Fsp3) is 0.375. The lowest BCUT2D eigenvalue weighted by Gasteiger charge is -2.30. The number of hydrogen-bond donors (Lipinski definition) is 1. The molecule has 0 unspecified atom stereocenters. The van der Waals surface area contributed by atoms with Crippen LogP contribution in [0.4, 0.5) is 5.69 Å². The van der Waals surface area contributed by atoms with Gasteiger partial charge >= 0.3 is 5.97 Å². The van der Waals surface area contributed by atoms with Gasteiger partial charge in [0.1, 0.15) is 0 Å². The molecule has 1 aliphatic heterocycles. The van der Waals surface area contributed by atoms with Gasteiger partial charge in [0.2, 0.25) is 0 Å². The van der Waals surface area contributed by atoms with Gasteiger partial charge in [-0.15, -0.1) is 0 Å². The largest absolute Gasteiger partial charge is 0.469 e. The average molecular weight is 405 g/mol. The van der Waals surface area contributed by atoms with Crippen molar-refractivity contribution in [1.29, 1.82) is 0 Å². The van der Waals surface area contributed by atoms with Crippen LogP contribution < -0.4 is 5.32 Å². The van der Waals surface area contributed by atoms with Gasteiger partial charge in [0.25, 0.3) is 0 Å². The number of esters is 1. The summed E-state index contributed by atoms with van der Waals surface area (Å²) in [6.07, 6.45) is 7.00. The Hall–Kier alpha value is -2.99. The number of benzene rings is 1. The number of piperidine rings is 1. The molecule has 156 valence electrons. The molecule has 6 heteroatoms. The van der Waals surface area contributed by atoms with Crippen LogP contribution in [0.15, 0.2) is 48.8 Å². The van der Waals surface area contributed by atoms with E-state index in [1.165, 1.54) is 7.11 Å². The molecule has 1 saturated heterocycles. The van der Waals surface area contributed by atoms with E-state index in [1.807, 2.05) is 12.3 Å². The highest BCUT2D eigenvalue weighted by atomic mass is 16.5. The number of aromatic nitrogens is 2. The first-order valence-electron chi connectivity index (χ1n) is 10.5. The molecule has 1 aliphatic rings. The van der Waals surface area contributed by atoms with Crippen LogP contribution >= 0.6 is 0 Å². The Morgan fingerprint density at radius 3 is 2.70 bits per heavy atom. The quantitative estimate of drug-likeness (QED) is 0.629. The van der Waals surface area contributed by atoms with Gasteiger partial charge in [0, 0.05) is 41.5 Å². The number of nitrogens with zero attached hydrogens (tertiary/aromatic N) is 3. The number of rotatable bonds is 6. The number of aryl methyl sites for hydroxylation is 1. The van der Waals surface area contributed by atoms with Crippen LogP contribution in [0, 0.1) is 0 Å². The molecule has 1 N–H and O–H groups in total. The summed E-state index contributed by atoms with van der Waals surface area (Å²) in [4.78, 5) is 22.9. The summed E-state index contributed by atoms with van der Waals surface area (Å²) in [6, 6.07) is 12.8. The van der Waals surface area contributed by atoms with Crippen molar-refractivity contribution in [3.8, 4) is 11.3 Å². The second-order valence-electron chi connectivity index (χ2n) is 7.94.